The Labute approximate surface area is 189 Å². The monoisotopic (exact) mass is 456 g/mol. The van der Waals surface area contributed by atoms with Gasteiger partial charge in [-0.1, -0.05) is 5.21 Å². The number of aryl methyl sites for hydroxylation is 1. The van der Waals surface area contributed by atoms with E-state index in [-0.39, 0.29) is 6.04 Å². The lowest BCUT2D eigenvalue weighted by molar-refractivity contribution is 0.149. The quantitative estimate of drug-likeness (QED) is 0.437. The lowest BCUT2D eigenvalue weighted by Crippen LogP contribution is -2.46. The summed E-state index contributed by atoms with van der Waals surface area (Å²) in [4.78, 5) is 11.3. The second kappa shape index (κ2) is 8.85. The van der Waals surface area contributed by atoms with Crippen LogP contribution in [0.3, 0.4) is 0 Å². The van der Waals surface area contributed by atoms with E-state index in [1.165, 1.54) is 0 Å². The van der Waals surface area contributed by atoms with Crippen molar-refractivity contribution < 1.29 is 8.78 Å². The molecule has 1 saturated heterocycles. The summed E-state index contributed by atoms with van der Waals surface area (Å²) in [5, 5.41) is 19.0. The van der Waals surface area contributed by atoms with Gasteiger partial charge >= 0.3 is 0 Å². The fraction of sp³-hybridized carbons (Fsp3) is 0.476. The number of nitrogens with zero attached hydrogens (tertiary/aromatic N) is 8. The molecule has 0 unspecified atom stereocenters. The minimum Gasteiger partial charge on any atom is -0.371 e. The zero-order valence-electron chi connectivity index (χ0n) is 18.5. The molecular weight excluding hydrogens is 430 g/mol. The summed E-state index contributed by atoms with van der Waals surface area (Å²) in [6.45, 7) is 1.19. The van der Waals surface area contributed by atoms with Crippen LogP contribution in [0.15, 0.2) is 24.4 Å². The molecule has 1 aliphatic heterocycles. The maximum absolute atomic E-state index is 14.5. The van der Waals surface area contributed by atoms with Crippen LogP contribution < -0.4 is 10.6 Å². The number of likely N-dealkylation sites (tertiary alicyclic amines) is 1. The number of alkyl halides is 2. The van der Waals surface area contributed by atoms with Crippen molar-refractivity contribution in [3.63, 3.8) is 0 Å². The molecule has 174 valence electrons. The summed E-state index contributed by atoms with van der Waals surface area (Å²) >= 11 is 0. The van der Waals surface area contributed by atoms with Gasteiger partial charge in [-0.3, -0.25) is 4.39 Å². The number of hydrogen-bond donors (Lipinski definition) is 2. The minimum absolute atomic E-state index is 0.334. The summed E-state index contributed by atoms with van der Waals surface area (Å²) < 4.78 is 30.5. The molecular formula is C21H26F2N10. The van der Waals surface area contributed by atoms with Crippen LogP contribution in [0.5, 0.6) is 0 Å². The molecule has 4 aromatic rings. The van der Waals surface area contributed by atoms with Gasteiger partial charge in [-0.25, -0.2) is 18.6 Å². The van der Waals surface area contributed by atoms with Crippen LogP contribution in [0.2, 0.25) is 0 Å². The summed E-state index contributed by atoms with van der Waals surface area (Å²) in [6, 6.07) is 5.28. The molecule has 0 bridgehead atoms. The Hall–Kier alpha value is -3.41. The van der Waals surface area contributed by atoms with E-state index in [0.717, 1.165) is 17.6 Å². The Morgan fingerprint density at radius 3 is 2.88 bits per heavy atom. The van der Waals surface area contributed by atoms with Gasteiger partial charge in [0.25, 0.3) is 0 Å². The van der Waals surface area contributed by atoms with Crippen molar-refractivity contribution in [2.45, 2.75) is 31.6 Å². The van der Waals surface area contributed by atoms with Crippen molar-refractivity contribution in [1.82, 2.24) is 39.5 Å². The largest absolute Gasteiger partial charge is 0.371 e. The van der Waals surface area contributed by atoms with Gasteiger partial charge in [0.05, 0.1) is 18.4 Å². The van der Waals surface area contributed by atoms with E-state index in [4.69, 9.17) is 4.98 Å². The van der Waals surface area contributed by atoms with Gasteiger partial charge in [0.2, 0.25) is 5.95 Å². The molecule has 5 rings (SSSR count). The zero-order chi connectivity index (χ0) is 22.9. The van der Waals surface area contributed by atoms with Crippen molar-refractivity contribution >= 4 is 28.4 Å². The predicted molar refractivity (Wildman–Crippen MR) is 122 cm³/mol. The molecule has 10 nitrogen and oxygen atoms in total. The Morgan fingerprint density at radius 1 is 1.21 bits per heavy atom. The molecule has 5 heterocycles. The minimum atomic E-state index is -0.993. The number of anilines is 2. The maximum Gasteiger partial charge on any atom is 0.243 e. The molecule has 0 aliphatic carbocycles. The van der Waals surface area contributed by atoms with E-state index in [2.05, 4.69) is 31.0 Å². The average molecular weight is 457 g/mol. The van der Waals surface area contributed by atoms with E-state index < -0.39 is 12.8 Å². The van der Waals surface area contributed by atoms with Gasteiger partial charge in [-0.15, -0.1) is 10.2 Å². The van der Waals surface area contributed by atoms with E-state index in [1.54, 1.807) is 16.2 Å². The third-order valence-corrected chi connectivity index (χ3v) is 5.95. The highest BCUT2D eigenvalue weighted by Crippen LogP contribution is 2.30. The van der Waals surface area contributed by atoms with Crippen LogP contribution in [-0.2, 0) is 6.54 Å². The van der Waals surface area contributed by atoms with Crippen molar-refractivity contribution in [2.24, 2.45) is 0 Å². The highest BCUT2D eigenvalue weighted by molar-refractivity contribution is 5.89. The molecule has 1 aliphatic rings. The number of aromatic nitrogens is 7. The van der Waals surface area contributed by atoms with Crippen LogP contribution in [0, 0.1) is 0 Å². The van der Waals surface area contributed by atoms with Gasteiger partial charge in [-0.2, -0.15) is 4.98 Å². The van der Waals surface area contributed by atoms with Gasteiger partial charge < -0.3 is 15.5 Å². The molecule has 0 spiro atoms. The molecule has 0 aromatic carbocycles. The van der Waals surface area contributed by atoms with Crippen LogP contribution in [0.25, 0.3) is 27.9 Å². The second-order valence-corrected chi connectivity index (χ2v) is 8.27. The smallest absolute Gasteiger partial charge is 0.243 e. The molecule has 12 heteroatoms. The number of nitrogens with one attached hydrogen (secondary N) is 2. The van der Waals surface area contributed by atoms with E-state index in [0.29, 0.717) is 54.6 Å². The van der Waals surface area contributed by atoms with E-state index in [1.807, 2.05) is 36.3 Å². The van der Waals surface area contributed by atoms with Crippen molar-refractivity contribution in [3.05, 3.63) is 24.4 Å². The number of hydrogen-bond acceptors (Lipinski definition) is 8. The zero-order valence-corrected chi connectivity index (χ0v) is 18.5. The number of fused-ring (bicyclic) bond motifs is 2. The SMILES string of the molecule is CNc1nc(N[C@H]2CCN(C)C[C@H]2F)nn2ccc(-c3ccc4nnn(CCCF)c4n3)c12. The number of rotatable bonds is 7. The first-order valence-corrected chi connectivity index (χ1v) is 11.0. The second-order valence-electron chi connectivity index (χ2n) is 8.27. The Bertz CT molecular complexity index is 1270. The first-order chi connectivity index (χ1) is 16.1. The van der Waals surface area contributed by atoms with E-state index in [9.17, 15) is 8.78 Å². The van der Waals surface area contributed by atoms with Crippen LogP contribution in [0.1, 0.15) is 12.8 Å². The standard InChI is InChI=1S/C21H26F2N10/c1-24-19-18-13(15-4-5-17-20(25-15)33(30-28-17)9-3-8-22)6-11-32(18)29-21(27-19)26-16-7-10-31(2)12-14(16)23/h4-6,11,14,16H,3,7-10,12H2,1-2H3,(H2,24,26,27,29)/t14-,16+/m1/s1. The molecule has 1 fully saturated rings. The van der Waals surface area contributed by atoms with Gasteiger partial charge in [0, 0.05) is 38.4 Å². The number of piperidine rings is 1. The summed E-state index contributed by atoms with van der Waals surface area (Å²) in [5.74, 6) is 0.963. The average Bonchev–Trinajstić information content (AvgIpc) is 3.42. The van der Waals surface area contributed by atoms with Gasteiger partial charge in [0.15, 0.2) is 11.5 Å². The highest BCUT2D eigenvalue weighted by atomic mass is 19.1. The number of halogens is 2. The molecule has 0 radical (unpaired) electrons. The normalized spacial score (nSPS) is 19.4. The molecule has 33 heavy (non-hydrogen) atoms. The molecule has 2 atom stereocenters. The molecule has 4 aromatic heterocycles. The Morgan fingerprint density at radius 2 is 2.09 bits per heavy atom. The Kier molecular flexibility index (Phi) is 5.75. The van der Waals surface area contributed by atoms with E-state index >= 15 is 0 Å². The van der Waals surface area contributed by atoms with Crippen molar-refractivity contribution in [2.75, 3.05) is 44.5 Å². The molecule has 2 N–H and O–H groups in total. The Balaban J connectivity index is 1.50. The van der Waals surface area contributed by atoms with Crippen molar-refractivity contribution in [3.8, 4) is 11.3 Å². The van der Waals surface area contributed by atoms with Crippen LogP contribution in [-0.4, -0.2) is 85.5 Å². The number of pyridine rings is 1. The van der Waals surface area contributed by atoms with Crippen molar-refractivity contribution in [1.29, 1.82) is 0 Å². The fourth-order valence-electron chi connectivity index (χ4n) is 4.22. The third-order valence-electron chi connectivity index (χ3n) is 5.95. The molecule has 0 amide bonds. The van der Waals surface area contributed by atoms with Crippen LogP contribution in [0.4, 0.5) is 20.5 Å². The summed E-state index contributed by atoms with van der Waals surface area (Å²) in [7, 11) is 3.70. The molecule has 0 saturated carbocycles. The third kappa shape index (κ3) is 4.06. The lowest BCUT2D eigenvalue weighted by Gasteiger charge is -2.32. The lowest BCUT2D eigenvalue weighted by atomic mass is 10.0. The summed E-state index contributed by atoms with van der Waals surface area (Å²) in [5.41, 5.74) is 3.53. The summed E-state index contributed by atoms with van der Waals surface area (Å²) in [6.07, 6.45) is 1.86. The first kappa shape index (κ1) is 21.4. The maximum atomic E-state index is 14.5. The first-order valence-electron chi connectivity index (χ1n) is 11.0. The topological polar surface area (TPSA) is 101 Å². The predicted octanol–water partition coefficient (Wildman–Crippen LogP) is 2.39. The van der Waals surface area contributed by atoms with Crippen LogP contribution >= 0.6 is 0 Å². The van der Waals surface area contributed by atoms with Gasteiger partial charge in [-0.05, 0) is 38.1 Å². The van der Waals surface area contributed by atoms with Gasteiger partial charge in [0.1, 0.15) is 17.2 Å². The fourth-order valence-corrected chi connectivity index (χ4v) is 4.22. The highest BCUT2D eigenvalue weighted by Gasteiger charge is 2.28.